The van der Waals surface area contributed by atoms with Gasteiger partial charge in [-0.3, -0.25) is 4.90 Å². The molecule has 2 heterocycles. The number of methoxy groups -OCH3 is 2. The second-order valence-electron chi connectivity index (χ2n) is 9.63. The maximum atomic E-state index is 11.4. The molecule has 1 saturated heterocycles. The third kappa shape index (κ3) is 3.71. The topological polar surface area (TPSA) is 74.8 Å². The maximum absolute atomic E-state index is 11.4. The Kier molecular flexibility index (Phi) is 5.67. The number of hydrogen-bond acceptors (Lipinski definition) is 4. The lowest BCUT2D eigenvalue weighted by molar-refractivity contribution is -0.134. The summed E-state index contributed by atoms with van der Waals surface area (Å²) in [7, 11) is 3.57. The third-order valence-electron chi connectivity index (χ3n) is 8.04. The summed E-state index contributed by atoms with van der Waals surface area (Å²) in [5, 5.41) is 10.5. The number of piperidine rings is 1. The second kappa shape index (κ2) is 8.50. The Labute approximate surface area is 194 Å². The second-order valence-corrected chi connectivity index (χ2v) is 9.63. The number of likely N-dealkylation sites (tertiary alicyclic amines) is 1. The number of nitrogens with zero attached hydrogens (tertiary/aromatic N) is 1. The van der Waals surface area contributed by atoms with Gasteiger partial charge in [-0.1, -0.05) is 12.1 Å². The van der Waals surface area contributed by atoms with Crippen molar-refractivity contribution in [1.29, 1.82) is 0 Å². The molecule has 0 bridgehead atoms. The predicted molar refractivity (Wildman–Crippen MR) is 128 cm³/mol. The fourth-order valence-electron chi connectivity index (χ4n) is 6.05. The number of fused-ring (bicyclic) bond motifs is 1. The first-order valence-electron chi connectivity index (χ1n) is 11.7. The molecule has 0 radical (unpaired) electrons. The van der Waals surface area contributed by atoms with E-state index in [-0.39, 0.29) is 11.5 Å². The van der Waals surface area contributed by atoms with Crippen LogP contribution in [-0.4, -0.2) is 47.8 Å². The number of ether oxygens (including phenoxy) is 2. The Hall–Kier alpha value is -2.83. The Bertz CT molecular complexity index is 1170. The number of aromatic amines is 1. The summed E-state index contributed by atoms with van der Waals surface area (Å²) < 4.78 is 11.7. The van der Waals surface area contributed by atoms with Crippen LogP contribution >= 0.6 is 0 Å². The highest BCUT2D eigenvalue weighted by Gasteiger charge is 2.51. The van der Waals surface area contributed by atoms with E-state index in [1.165, 1.54) is 22.9 Å². The molecule has 5 rings (SSSR count). The van der Waals surface area contributed by atoms with Crippen molar-refractivity contribution in [2.24, 2.45) is 5.41 Å². The Morgan fingerprint density at radius 1 is 1.21 bits per heavy atom. The van der Waals surface area contributed by atoms with Crippen LogP contribution < -0.4 is 4.74 Å². The molecule has 33 heavy (non-hydrogen) atoms. The lowest BCUT2D eigenvalue weighted by Gasteiger charge is -2.56. The minimum absolute atomic E-state index is 0.194. The lowest BCUT2D eigenvalue weighted by atomic mass is 9.58. The summed E-state index contributed by atoms with van der Waals surface area (Å²) in [5.74, 6) is 0.0227. The molecule has 3 atom stereocenters. The first-order valence-corrected chi connectivity index (χ1v) is 11.7. The molecule has 1 aliphatic carbocycles. The number of carboxylic acids is 1. The quantitative estimate of drug-likeness (QED) is 0.534. The van der Waals surface area contributed by atoms with Crippen LogP contribution in [0.5, 0.6) is 5.75 Å². The first-order chi connectivity index (χ1) is 16.0. The SMILES string of the molecule is COc1cc(C)c2[nH]ccc2c1CN1CCC2(CCC2OC)CC1c1ccc(C(=O)O)cc1. The van der Waals surface area contributed by atoms with Gasteiger partial charge in [-0.2, -0.15) is 0 Å². The molecule has 1 saturated carbocycles. The van der Waals surface area contributed by atoms with Crippen LogP contribution in [0.3, 0.4) is 0 Å². The van der Waals surface area contributed by atoms with Crippen LogP contribution in [0.2, 0.25) is 0 Å². The van der Waals surface area contributed by atoms with Crippen molar-refractivity contribution in [3.8, 4) is 5.75 Å². The molecule has 1 spiro atoms. The van der Waals surface area contributed by atoms with E-state index in [2.05, 4.69) is 28.9 Å². The van der Waals surface area contributed by atoms with Gasteiger partial charge in [0.15, 0.2) is 0 Å². The Morgan fingerprint density at radius 2 is 2.00 bits per heavy atom. The molecule has 2 aliphatic rings. The molecule has 2 N–H and O–H groups in total. The van der Waals surface area contributed by atoms with E-state index >= 15 is 0 Å². The fourth-order valence-corrected chi connectivity index (χ4v) is 6.05. The molecule has 6 nitrogen and oxygen atoms in total. The van der Waals surface area contributed by atoms with Crippen LogP contribution in [-0.2, 0) is 11.3 Å². The largest absolute Gasteiger partial charge is 0.496 e. The average molecular weight is 449 g/mol. The van der Waals surface area contributed by atoms with Gasteiger partial charge in [0.25, 0.3) is 0 Å². The van der Waals surface area contributed by atoms with E-state index in [1.54, 1.807) is 19.2 Å². The average Bonchev–Trinajstić information content (AvgIpc) is 3.31. The van der Waals surface area contributed by atoms with Crippen molar-refractivity contribution in [1.82, 2.24) is 9.88 Å². The molecule has 3 aromatic rings. The van der Waals surface area contributed by atoms with Crippen LogP contribution in [0.15, 0.2) is 42.6 Å². The van der Waals surface area contributed by atoms with Crippen LogP contribution in [0.25, 0.3) is 10.9 Å². The van der Waals surface area contributed by atoms with E-state index in [0.29, 0.717) is 11.7 Å². The highest BCUT2D eigenvalue weighted by Crippen LogP contribution is 2.55. The number of aromatic nitrogens is 1. The molecule has 3 unspecified atom stereocenters. The zero-order chi connectivity index (χ0) is 23.2. The van der Waals surface area contributed by atoms with Gasteiger partial charge >= 0.3 is 5.97 Å². The van der Waals surface area contributed by atoms with Crippen molar-refractivity contribution >= 4 is 16.9 Å². The smallest absolute Gasteiger partial charge is 0.335 e. The normalized spacial score (nSPS) is 25.3. The van der Waals surface area contributed by atoms with Crippen LogP contribution in [0.4, 0.5) is 0 Å². The van der Waals surface area contributed by atoms with E-state index in [1.807, 2.05) is 25.4 Å². The summed E-state index contributed by atoms with van der Waals surface area (Å²) in [6, 6.07) is 11.9. The molecule has 1 aliphatic heterocycles. The minimum Gasteiger partial charge on any atom is -0.496 e. The molecule has 2 aromatic carbocycles. The molecule has 1 aromatic heterocycles. The standard InChI is InChI=1S/C27H32N2O4/c1-17-14-23(32-2)21(20-9-12-28-25(17)20)16-29-13-11-27(10-8-24(27)33-3)15-22(29)18-4-6-19(7-5-18)26(30)31/h4-7,9,12,14,22,24,28H,8,10-11,13,15-16H2,1-3H3,(H,30,31). The van der Waals surface area contributed by atoms with Gasteiger partial charge in [-0.15, -0.1) is 0 Å². The molecule has 174 valence electrons. The van der Waals surface area contributed by atoms with Crippen LogP contribution in [0.1, 0.15) is 58.8 Å². The maximum Gasteiger partial charge on any atom is 0.335 e. The van der Waals surface area contributed by atoms with Gasteiger partial charge in [0.05, 0.1) is 18.8 Å². The monoisotopic (exact) mass is 448 g/mol. The van der Waals surface area contributed by atoms with Gasteiger partial charge in [0.2, 0.25) is 0 Å². The van der Waals surface area contributed by atoms with Crippen molar-refractivity contribution in [3.05, 3.63) is 64.8 Å². The van der Waals surface area contributed by atoms with Crippen molar-refractivity contribution < 1.29 is 19.4 Å². The van der Waals surface area contributed by atoms with Gasteiger partial charge in [0.1, 0.15) is 5.75 Å². The number of carbonyl (C=O) groups is 1. The summed E-state index contributed by atoms with van der Waals surface area (Å²) in [6.07, 6.45) is 6.74. The van der Waals surface area contributed by atoms with Crippen LogP contribution in [0, 0.1) is 12.3 Å². The number of aromatic carboxylic acids is 1. The fraction of sp³-hybridized carbons (Fsp3) is 0.444. The number of H-pyrrole nitrogens is 1. The number of carboxylic acid groups (broad SMARTS) is 1. The Balaban J connectivity index is 1.52. The van der Waals surface area contributed by atoms with E-state index in [0.717, 1.165) is 49.2 Å². The number of rotatable bonds is 6. The minimum atomic E-state index is -0.892. The van der Waals surface area contributed by atoms with Gasteiger partial charge in [-0.05, 0) is 80.0 Å². The predicted octanol–water partition coefficient (Wildman–Crippen LogP) is 5.32. The van der Waals surface area contributed by atoms with E-state index < -0.39 is 5.97 Å². The molecular formula is C27H32N2O4. The molecule has 0 amide bonds. The summed E-state index contributed by atoms with van der Waals surface area (Å²) >= 11 is 0. The summed E-state index contributed by atoms with van der Waals surface area (Å²) in [4.78, 5) is 17.3. The lowest BCUT2D eigenvalue weighted by Crippen LogP contribution is -2.53. The van der Waals surface area contributed by atoms with E-state index in [4.69, 9.17) is 9.47 Å². The van der Waals surface area contributed by atoms with Gasteiger partial charge in [0, 0.05) is 42.4 Å². The highest BCUT2D eigenvalue weighted by molar-refractivity contribution is 5.88. The zero-order valence-electron chi connectivity index (χ0n) is 19.6. The molecule has 6 heteroatoms. The number of nitrogens with one attached hydrogen (secondary N) is 1. The number of benzene rings is 2. The molecule has 2 fully saturated rings. The molecular weight excluding hydrogens is 416 g/mol. The van der Waals surface area contributed by atoms with Gasteiger partial charge < -0.3 is 19.6 Å². The van der Waals surface area contributed by atoms with Crippen molar-refractivity contribution in [3.63, 3.8) is 0 Å². The van der Waals surface area contributed by atoms with E-state index in [9.17, 15) is 9.90 Å². The Morgan fingerprint density at radius 3 is 2.64 bits per heavy atom. The highest BCUT2D eigenvalue weighted by atomic mass is 16.5. The summed E-state index contributed by atoms with van der Waals surface area (Å²) in [5.41, 5.74) is 5.22. The zero-order valence-corrected chi connectivity index (χ0v) is 19.6. The first kappa shape index (κ1) is 22.0. The van der Waals surface area contributed by atoms with Crippen molar-refractivity contribution in [2.75, 3.05) is 20.8 Å². The van der Waals surface area contributed by atoms with Crippen molar-refractivity contribution in [2.45, 2.75) is 51.3 Å². The number of aryl methyl sites for hydroxylation is 1. The summed E-state index contributed by atoms with van der Waals surface area (Å²) in [6.45, 7) is 3.84. The number of hydrogen-bond donors (Lipinski definition) is 2. The van der Waals surface area contributed by atoms with Gasteiger partial charge in [-0.25, -0.2) is 4.79 Å². The third-order valence-corrected chi connectivity index (χ3v) is 8.04.